The molecule has 0 atom stereocenters. The van der Waals surface area contributed by atoms with E-state index in [1.165, 1.54) is 12.1 Å². The van der Waals surface area contributed by atoms with Crippen molar-refractivity contribution >= 4 is 27.3 Å². The van der Waals surface area contributed by atoms with Crippen LogP contribution in [0.3, 0.4) is 0 Å². The summed E-state index contributed by atoms with van der Waals surface area (Å²) in [6.45, 7) is 1.44. The van der Waals surface area contributed by atoms with Crippen molar-refractivity contribution in [3.05, 3.63) is 17.7 Å². The topological polar surface area (TPSA) is 141 Å². The lowest BCUT2D eigenvalue weighted by Gasteiger charge is -2.12. The van der Waals surface area contributed by atoms with Gasteiger partial charge in [-0.05, 0) is 24.6 Å². The summed E-state index contributed by atoms with van der Waals surface area (Å²) < 4.78 is 22.6. The number of hydrogen-bond donors (Lipinski definition) is 4. The molecule has 0 saturated heterocycles. The van der Waals surface area contributed by atoms with Gasteiger partial charge in [0.25, 0.3) is 0 Å². The average molecular weight is 258 g/mol. The molecule has 0 spiro atoms. The highest BCUT2D eigenvalue weighted by Crippen LogP contribution is 2.25. The average Bonchev–Trinajstić information content (AvgIpc) is 2.17. The van der Waals surface area contributed by atoms with E-state index in [9.17, 15) is 13.2 Å². The predicted molar refractivity (Wildman–Crippen MR) is 64.6 cm³/mol. The van der Waals surface area contributed by atoms with Crippen LogP contribution in [-0.2, 0) is 14.8 Å². The molecule has 0 unspecified atom stereocenters. The Bertz CT molecular complexity index is 554. The second-order valence-electron chi connectivity index (χ2n) is 3.56. The molecule has 7 N–H and O–H groups in total. The minimum atomic E-state index is -3.85. The molecular weight excluding hydrogens is 244 g/mol. The normalized spacial score (nSPS) is 11.2. The lowest BCUT2D eigenvalue weighted by Crippen LogP contribution is -2.23. The van der Waals surface area contributed by atoms with E-state index in [0.29, 0.717) is 11.3 Å². The molecule has 0 aliphatic carbocycles. The van der Waals surface area contributed by atoms with Crippen LogP contribution in [0.1, 0.15) is 5.56 Å². The summed E-state index contributed by atoms with van der Waals surface area (Å²) in [5, 5.41) is 7.74. The third kappa shape index (κ3) is 3.33. The first kappa shape index (κ1) is 13.3. The molecule has 94 valence electrons. The van der Waals surface area contributed by atoms with E-state index in [1.807, 2.05) is 0 Å². The molecule has 0 saturated carbocycles. The van der Waals surface area contributed by atoms with Crippen molar-refractivity contribution in [1.29, 1.82) is 0 Å². The van der Waals surface area contributed by atoms with Crippen LogP contribution in [0.4, 0.5) is 11.4 Å². The van der Waals surface area contributed by atoms with E-state index in [0.717, 1.165) is 0 Å². The van der Waals surface area contributed by atoms with Crippen LogP contribution in [-0.4, -0.2) is 20.9 Å². The fourth-order valence-electron chi connectivity index (χ4n) is 1.37. The van der Waals surface area contributed by atoms with Crippen LogP contribution in [0.25, 0.3) is 0 Å². The Balaban J connectivity index is 3.24. The number of nitrogens with one attached hydrogen (secondary N) is 1. The van der Waals surface area contributed by atoms with Crippen molar-refractivity contribution in [2.75, 3.05) is 17.6 Å². The van der Waals surface area contributed by atoms with Gasteiger partial charge in [-0.1, -0.05) is 0 Å². The van der Waals surface area contributed by atoms with Crippen molar-refractivity contribution in [2.24, 2.45) is 10.9 Å². The summed E-state index contributed by atoms with van der Waals surface area (Å²) in [5.74, 6) is -0.566. The quantitative estimate of drug-likeness (QED) is 0.519. The number of primary amides is 1. The maximum atomic E-state index is 11.3. The number of sulfonamides is 1. The molecule has 7 nitrogen and oxygen atoms in total. The highest BCUT2D eigenvalue weighted by atomic mass is 32.2. The van der Waals surface area contributed by atoms with E-state index >= 15 is 0 Å². The monoisotopic (exact) mass is 258 g/mol. The Morgan fingerprint density at radius 3 is 2.47 bits per heavy atom. The standard InChI is InChI=1S/C9H14N4O3S/c1-5-7(13-4-9(11)14)2-6(10)3-8(5)17(12,15)16/h2-3,13H,4,10H2,1H3,(H2,11,14)(H2,12,15,16). The Morgan fingerprint density at radius 1 is 1.41 bits per heavy atom. The van der Waals surface area contributed by atoms with Crippen LogP contribution in [0.15, 0.2) is 17.0 Å². The van der Waals surface area contributed by atoms with Crippen LogP contribution in [0, 0.1) is 6.92 Å². The molecule has 1 amide bonds. The fourth-order valence-corrected chi connectivity index (χ4v) is 2.21. The summed E-state index contributed by atoms with van der Waals surface area (Å²) in [6.07, 6.45) is 0. The Hall–Kier alpha value is -1.80. The van der Waals surface area contributed by atoms with Gasteiger partial charge in [0.05, 0.1) is 11.4 Å². The van der Waals surface area contributed by atoms with Gasteiger partial charge in [0.1, 0.15) is 0 Å². The molecule has 0 fully saturated rings. The second kappa shape index (κ2) is 4.60. The Morgan fingerprint density at radius 2 is 2.00 bits per heavy atom. The van der Waals surface area contributed by atoms with Crippen LogP contribution in [0.5, 0.6) is 0 Å². The van der Waals surface area contributed by atoms with Crippen molar-refractivity contribution in [3.63, 3.8) is 0 Å². The van der Waals surface area contributed by atoms with Gasteiger partial charge in [-0.15, -0.1) is 0 Å². The number of rotatable bonds is 4. The summed E-state index contributed by atoms with van der Waals surface area (Å²) in [6, 6.07) is 2.77. The third-order valence-electron chi connectivity index (χ3n) is 2.14. The molecule has 0 aromatic heterocycles. The second-order valence-corrected chi connectivity index (χ2v) is 5.09. The minimum absolute atomic E-state index is 0.0792. The minimum Gasteiger partial charge on any atom is -0.399 e. The van der Waals surface area contributed by atoms with Crippen molar-refractivity contribution in [3.8, 4) is 0 Å². The van der Waals surface area contributed by atoms with Gasteiger partial charge in [-0.3, -0.25) is 4.79 Å². The zero-order valence-electron chi connectivity index (χ0n) is 9.23. The van der Waals surface area contributed by atoms with Gasteiger partial charge in [0, 0.05) is 11.4 Å². The first-order chi connectivity index (χ1) is 7.71. The molecule has 1 aromatic rings. The van der Waals surface area contributed by atoms with Crippen molar-refractivity contribution in [1.82, 2.24) is 0 Å². The van der Waals surface area contributed by atoms with E-state index in [4.69, 9.17) is 16.6 Å². The van der Waals surface area contributed by atoms with Gasteiger partial charge in [0.15, 0.2) is 0 Å². The summed E-state index contributed by atoms with van der Waals surface area (Å²) in [7, 11) is -3.85. The summed E-state index contributed by atoms with van der Waals surface area (Å²) in [5.41, 5.74) is 11.6. The number of amides is 1. The molecule has 0 aliphatic rings. The summed E-state index contributed by atoms with van der Waals surface area (Å²) in [4.78, 5) is 10.6. The smallest absolute Gasteiger partial charge is 0.238 e. The molecule has 1 rings (SSSR count). The van der Waals surface area contributed by atoms with Crippen molar-refractivity contribution in [2.45, 2.75) is 11.8 Å². The zero-order chi connectivity index (χ0) is 13.2. The molecule has 0 aliphatic heterocycles. The first-order valence-electron chi connectivity index (χ1n) is 4.67. The maximum Gasteiger partial charge on any atom is 0.238 e. The van der Waals surface area contributed by atoms with Gasteiger partial charge in [0.2, 0.25) is 15.9 Å². The number of benzene rings is 1. The van der Waals surface area contributed by atoms with Gasteiger partial charge >= 0.3 is 0 Å². The van der Waals surface area contributed by atoms with E-state index in [2.05, 4.69) is 5.32 Å². The van der Waals surface area contributed by atoms with Crippen LogP contribution < -0.4 is 21.9 Å². The molecule has 0 heterocycles. The fraction of sp³-hybridized carbons (Fsp3) is 0.222. The molecule has 8 heteroatoms. The largest absolute Gasteiger partial charge is 0.399 e. The number of hydrogen-bond acceptors (Lipinski definition) is 5. The van der Waals surface area contributed by atoms with Gasteiger partial charge in [-0.2, -0.15) is 0 Å². The van der Waals surface area contributed by atoms with Crippen LogP contribution >= 0.6 is 0 Å². The van der Waals surface area contributed by atoms with E-state index in [1.54, 1.807) is 6.92 Å². The van der Waals surface area contributed by atoms with E-state index in [-0.39, 0.29) is 17.1 Å². The van der Waals surface area contributed by atoms with Crippen LogP contribution in [0.2, 0.25) is 0 Å². The summed E-state index contributed by atoms with van der Waals surface area (Å²) >= 11 is 0. The highest BCUT2D eigenvalue weighted by molar-refractivity contribution is 7.89. The number of primary sulfonamides is 1. The number of carbonyl (C=O) groups excluding carboxylic acids is 1. The van der Waals surface area contributed by atoms with Crippen molar-refractivity contribution < 1.29 is 13.2 Å². The number of nitrogens with two attached hydrogens (primary N) is 3. The molecular formula is C9H14N4O3S. The van der Waals surface area contributed by atoms with E-state index < -0.39 is 15.9 Å². The molecule has 0 bridgehead atoms. The Labute approximate surface area is 99.0 Å². The van der Waals surface area contributed by atoms with Gasteiger partial charge < -0.3 is 16.8 Å². The number of nitrogen functional groups attached to an aromatic ring is 1. The first-order valence-corrected chi connectivity index (χ1v) is 6.21. The number of carbonyl (C=O) groups is 1. The number of anilines is 2. The van der Waals surface area contributed by atoms with Gasteiger partial charge in [-0.25, -0.2) is 13.6 Å². The predicted octanol–water partition coefficient (Wildman–Crippen LogP) is -0.878. The SMILES string of the molecule is Cc1c(NCC(N)=O)cc(N)cc1S(N)(=O)=O. The highest BCUT2D eigenvalue weighted by Gasteiger charge is 2.15. The Kier molecular flexibility index (Phi) is 3.59. The maximum absolute atomic E-state index is 11.3. The zero-order valence-corrected chi connectivity index (χ0v) is 10.0. The third-order valence-corrected chi connectivity index (χ3v) is 3.18. The molecule has 1 aromatic carbocycles. The lowest BCUT2D eigenvalue weighted by atomic mass is 10.2. The molecule has 17 heavy (non-hydrogen) atoms. The molecule has 0 radical (unpaired) electrons. The lowest BCUT2D eigenvalue weighted by molar-refractivity contribution is -0.116.